The number of aromatic amines is 1. The Labute approximate surface area is 102 Å². The fourth-order valence-electron chi connectivity index (χ4n) is 2.25. The zero-order valence-corrected chi connectivity index (χ0v) is 10.3. The van der Waals surface area contributed by atoms with Crippen LogP contribution in [0.5, 0.6) is 0 Å². The normalized spacial score (nSPS) is 20.2. The lowest BCUT2D eigenvalue weighted by molar-refractivity contribution is 0.441. The third-order valence-corrected chi connectivity index (χ3v) is 3.28. The van der Waals surface area contributed by atoms with Crippen LogP contribution < -0.4 is 11.1 Å². The van der Waals surface area contributed by atoms with Gasteiger partial charge in [-0.1, -0.05) is 19.3 Å². The minimum atomic E-state index is 0.140. The molecule has 1 unspecified atom stereocenters. The van der Waals surface area contributed by atoms with Gasteiger partial charge in [0.05, 0.1) is 18.3 Å². The first-order valence-corrected chi connectivity index (χ1v) is 6.34. The molecule has 1 saturated carbocycles. The van der Waals surface area contributed by atoms with Gasteiger partial charge in [0.1, 0.15) is 0 Å². The van der Waals surface area contributed by atoms with Crippen molar-refractivity contribution in [2.75, 3.05) is 0 Å². The largest absolute Gasteiger partial charge is 0.370 e. The topological polar surface area (TPSA) is 79.1 Å². The summed E-state index contributed by atoms with van der Waals surface area (Å²) >= 11 is 0. The summed E-state index contributed by atoms with van der Waals surface area (Å²) in [6.45, 7) is 2.05. The van der Waals surface area contributed by atoms with Crippen molar-refractivity contribution in [1.29, 1.82) is 0 Å². The molecular weight excluding hydrogens is 214 g/mol. The zero-order chi connectivity index (χ0) is 12.1. The van der Waals surface area contributed by atoms with Gasteiger partial charge in [-0.3, -0.25) is 10.1 Å². The van der Waals surface area contributed by atoms with Crippen molar-refractivity contribution in [3.63, 3.8) is 0 Å². The second kappa shape index (κ2) is 5.70. The Balaban J connectivity index is 1.87. The molecule has 1 aliphatic carbocycles. The molecule has 0 amide bonds. The molecule has 0 aliphatic heterocycles. The number of nitrogens with zero attached hydrogens (tertiary/aromatic N) is 2. The van der Waals surface area contributed by atoms with E-state index < -0.39 is 0 Å². The van der Waals surface area contributed by atoms with Crippen LogP contribution in [0.15, 0.2) is 17.4 Å². The first kappa shape index (κ1) is 12.0. The fraction of sp³-hybridized carbons (Fsp3) is 0.667. The molecule has 0 saturated heterocycles. The molecule has 94 valence electrons. The van der Waals surface area contributed by atoms with Crippen molar-refractivity contribution in [1.82, 2.24) is 15.5 Å². The summed E-state index contributed by atoms with van der Waals surface area (Å²) in [5.74, 6) is 0.547. The molecule has 4 N–H and O–H groups in total. The summed E-state index contributed by atoms with van der Waals surface area (Å²) < 4.78 is 0. The minimum absolute atomic E-state index is 0.140. The predicted octanol–water partition coefficient (Wildman–Crippen LogP) is 1.71. The second-order valence-electron chi connectivity index (χ2n) is 4.70. The summed E-state index contributed by atoms with van der Waals surface area (Å²) in [6, 6.07) is 0.550. The van der Waals surface area contributed by atoms with E-state index in [0.717, 1.165) is 5.56 Å². The van der Waals surface area contributed by atoms with E-state index in [1.807, 2.05) is 13.1 Å². The second-order valence-corrected chi connectivity index (χ2v) is 4.70. The van der Waals surface area contributed by atoms with Gasteiger partial charge in [-0.25, -0.2) is 0 Å². The van der Waals surface area contributed by atoms with Crippen LogP contribution in [0.3, 0.4) is 0 Å². The lowest BCUT2D eigenvalue weighted by Gasteiger charge is -2.19. The van der Waals surface area contributed by atoms with Gasteiger partial charge >= 0.3 is 0 Å². The lowest BCUT2D eigenvalue weighted by Crippen LogP contribution is -2.35. The molecule has 1 heterocycles. The van der Waals surface area contributed by atoms with Crippen molar-refractivity contribution in [3.8, 4) is 0 Å². The molecular formula is C12H21N5. The molecule has 0 radical (unpaired) electrons. The number of nitrogens with two attached hydrogens (primary N) is 1. The standard InChI is InChI=1S/C12H21N5/c1-9(10-7-14-15-8-10)16-12(13)17-11-5-3-2-4-6-11/h7-9,11H,2-6H2,1H3,(H,14,15)(H3,13,16,17). The number of aliphatic imine (C=N–C) groups is 1. The van der Waals surface area contributed by atoms with E-state index in [0.29, 0.717) is 12.0 Å². The Kier molecular flexibility index (Phi) is 4.01. The third-order valence-electron chi connectivity index (χ3n) is 3.28. The minimum Gasteiger partial charge on any atom is -0.370 e. The van der Waals surface area contributed by atoms with E-state index in [2.05, 4.69) is 20.5 Å². The van der Waals surface area contributed by atoms with E-state index in [9.17, 15) is 0 Å². The van der Waals surface area contributed by atoms with Crippen LogP contribution in [-0.2, 0) is 0 Å². The van der Waals surface area contributed by atoms with Gasteiger partial charge in [0.25, 0.3) is 0 Å². The zero-order valence-electron chi connectivity index (χ0n) is 10.3. The summed E-state index contributed by atoms with van der Waals surface area (Å²) in [6.07, 6.45) is 9.89. The molecule has 1 aromatic heterocycles. The van der Waals surface area contributed by atoms with E-state index in [-0.39, 0.29) is 6.04 Å². The van der Waals surface area contributed by atoms with Crippen LogP contribution in [0.25, 0.3) is 0 Å². The Morgan fingerprint density at radius 3 is 2.94 bits per heavy atom. The van der Waals surface area contributed by atoms with E-state index in [1.165, 1.54) is 32.1 Å². The Bertz CT molecular complexity index is 351. The number of H-pyrrole nitrogens is 1. The van der Waals surface area contributed by atoms with E-state index >= 15 is 0 Å². The first-order chi connectivity index (χ1) is 8.25. The molecule has 2 rings (SSSR count). The Morgan fingerprint density at radius 1 is 1.53 bits per heavy atom. The van der Waals surface area contributed by atoms with E-state index in [4.69, 9.17) is 5.73 Å². The van der Waals surface area contributed by atoms with Gasteiger partial charge in [-0.05, 0) is 19.8 Å². The summed E-state index contributed by atoms with van der Waals surface area (Å²) in [4.78, 5) is 4.54. The molecule has 1 aliphatic rings. The number of aromatic nitrogens is 2. The number of nitrogens with one attached hydrogen (secondary N) is 2. The Hall–Kier alpha value is -1.52. The van der Waals surface area contributed by atoms with Gasteiger partial charge in [0.2, 0.25) is 0 Å². The highest BCUT2D eigenvalue weighted by Gasteiger charge is 2.13. The summed E-state index contributed by atoms with van der Waals surface area (Å²) in [7, 11) is 0. The smallest absolute Gasteiger partial charge is 0.189 e. The van der Waals surface area contributed by atoms with Gasteiger partial charge in [-0.15, -0.1) is 0 Å². The highest BCUT2D eigenvalue weighted by molar-refractivity contribution is 5.78. The molecule has 17 heavy (non-hydrogen) atoms. The van der Waals surface area contributed by atoms with Crippen molar-refractivity contribution in [3.05, 3.63) is 18.0 Å². The number of hydrogen-bond donors (Lipinski definition) is 3. The molecule has 0 aromatic carbocycles. The van der Waals surface area contributed by atoms with E-state index in [1.54, 1.807) is 6.20 Å². The monoisotopic (exact) mass is 235 g/mol. The quantitative estimate of drug-likeness (QED) is 0.551. The van der Waals surface area contributed by atoms with Crippen LogP contribution in [0, 0.1) is 0 Å². The van der Waals surface area contributed by atoms with Crippen molar-refractivity contribution >= 4 is 5.96 Å². The summed E-state index contributed by atoms with van der Waals surface area (Å²) in [5, 5.41) is 9.91. The number of hydrogen-bond acceptors (Lipinski definition) is 2. The maximum atomic E-state index is 5.92. The van der Waals surface area contributed by atoms with Crippen LogP contribution in [0.2, 0.25) is 0 Å². The third kappa shape index (κ3) is 3.47. The van der Waals surface area contributed by atoms with Crippen LogP contribution in [0.1, 0.15) is 50.6 Å². The van der Waals surface area contributed by atoms with Crippen LogP contribution >= 0.6 is 0 Å². The predicted molar refractivity (Wildman–Crippen MR) is 68.6 cm³/mol. The van der Waals surface area contributed by atoms with Gasteiger partial charge in [0, 0.05) is 11.8 Å². The average Bonchev–Trinajstić information content (AvgIpc) is 2.83. The SMILES string of the molecule is CC(NC(N)=NC1CCCCC1)c1cn[nH]c1. The molecule has 1 atom stereocenters. The molecule has 5 nitrogen and oxygen atoms in total. The van der Waals surface area contributed by atoms with Gasteiger partial charge in [-0.2, -0.15) is 5.10 Å². The average molecular weight is 235 g/mol. The van der Waals surface area contributed by atoms with Crippen molar-refractivity contribution in [2.24, 2.45) is 10.7 Å². The lowest BCUT2D eigenvalue weighted by atomic mass is 9.96. The van der Waals surface area contributed by atoms with Gasteiger partial charge < -0.3 is 11.1 Å². The van der Waals surface area contributed by atoms with Crippen LogP contribution in [-0.4, -0.2) is 22.2 Å². The molecule has 0 spiro atoms. The Morgan fingerprint density at radius 2 is 2.29 bits per heavy atom. The maximum absolute atomic E-state index is 5.92. The van der Waals surface area contributed by atoms with Crippen LogP contribution in [0.4, 0.5) is 0 Å². The fourth-order valence-corrected chi connectivity index (χ4v) is 2.25. The first-order valence-electron chi connectivity index (χ1n) is 6.34. The highest BCUT2D eigenvalue weighted by Crippen LogP contribution is 2.20. The van der Waals surface area contributed by atoms with Gasteiger partial charge in [0.15, 0.2) is 5.96 Å². The molecule has 5 heteroatoms. The molecule has 1 aromatic rings. The number of rotatable bonds is 3. The molecule has 1 fully saturated rings. The van der Waals surface area contributed by atoms with Crippen molar-refractivity contribution < 1.29 is 0 Å². The maximum Gasteiger partial charge on any atom is 0.189 e. The summed E-state index contributed by atoms with van der Waals surface area (Å²) in [5.41, 5.74) is 7.01. The van der Waals surface area contributed by atoms with Crippen molar-refractivity contribution in [2.45, 2.75) is 51.1 Å². The molecule has 0 bridgehead atoms. The number of guanidine groups is 1. The highest BCUT2D eigenvalue weighted by atomic mass is 15.1.